The van der Waals surface area contributed by atoms with E-state index in [0.29, 0.717) is 12.2 Å². The van der Waals surface area contributed by atoms with E-state index in [9.17, 15) is 9.18 Å². The smallest absolute Gasteiger partial charge is 0.322 e. The first-order chi connectivity index (χ1) is 9.22. The summed E-state index contributed by atoms with van der Waals surface area (Å²) in [6.45, 7) is 2.67. The number of hydrogen-bond acceptors (Lipinski definition) is 1. The van der Waals surface area contributed by atoms with Gasteiger partial charge >= 0.3 is 6.03 Å². The molecule has 0 bridgehead atoms. The lowest BCUT2D eigenvalue weighted by Gasteiger charge is -2.23. The Hall–Kier alpha value is -1.58. The van der Waals surface area contributed by atoms with Gasteiger partial charge in [-0.3, -0.25) is 4.90 Å². The SMILES string of the molecule is CCCCCN(C(=O)NC1CC1)c1ccccc1F. The number of halogens is 1. The Kier molecular flexibility index (Phi) is 4.77. The van der Waals surface area contributed by atoms with E-state index >= 15 is 0 Å². The molecule has 0 radical (unpaired) electrons. The van der Waals surface area contributed by atoms with Crippen LogP contribution in [0.25, 0.3) is 0 Å². The van der Waals surface area contributed by atoms with E-state index in [2.05, 4.69) is 12.2 Å². The molecule has 1 saturated carbocycles. The highest BCUT2D eigenvalue weighted by Gasteiger charge is 2.27. The lowest BCUT2D eigenvalue weighted by atomic mass is 10.2. The van der Waals surface area contributed by atoms with Crippen LogP contribution < -0.4 is 10.2 Å². The third-order valence-corrected chi connectivity index (χ3v) is 3.28. The third kappa shape index (κ3) is 3.94. The second-order valence-corrected chi connectivity index (χ2v) is 5.03. The van der Waals surface area contributed by atoms with Gasteiger partial charge in [-0.2, -0.15) is 0 Å². The van der Waals surface area contributed by atoms with Crippen LogP contribution in [0.3, 0.4) is 0 Å². The van der Waals surface area contributed by atoms with Crippen molar-refractivity contribution in [2.75, 3.05) is 11.4 Å². The monoisotopic (exact) mass is 264 g/mol. The number of rotatable bonds is 6. The average molecular weight is 264 g/mol. The van der Waals surface area contributed by atoms with Crippen LogP contribution in [0, 0.1) is 5.82 Å². The van der Waals surface area contributed by atoms with Gasteiger partial charge in [0, 0.05) is 12.6 Å². The van der Waals surface area contributed by atoms with Crippen LogP contribution in [0.1, 0.15) is 39.0 Å². The zero-order chi connectivity index (χ0) is 13.7. The van der Waals surface area contributed by atoms with Crippen molar-refractivity contribution < 1.29 is 9.18 Å². The van der Waals surface area contributed by atoms with Crippen molar-refractivity contribution in [3.05, 3.63) is 30.1 Å². The van der Waals surface area contributed by atoms with E-state index in [1.165, 1.54) is 11.0 Å². The van der Waals surface area contributed by atoms with Gasteiger partial charge in [-0.25, -0.2) is 9.18 Å². The normalized spacial score (nSPS) is 14.2. The fourth-order valence-corrected chi connectivity index (χ4v) is 2.00. The van der Waals surface area contributed by atoms with Gasteiger partial charge in [0.1, 0.15) is 5.82 Å². The number of hydrogen-bond donors (Lipinski definition) is 1. The minimum absolute atomic E-state index is 0.177. The van der Waals surface area contributed by atoms with E-state index < -0.39 is 0 Å². The average Bonchev–Trinajstić information content (AvgIpc) is 3.20. The molecule has 1 aromatic carbocycles. The van der Waals surface area contributed by atoms with Crippen molar-refractivity contribution in [2.24, 2.45) is 0 Å². The second kappa shape index (κ2) is 6.55. The van der Waals surface area contributed by atoms with E-state index in [1.807, 2.05) is 0 Å². The van der Waals surface area contributed by atoms with Crippen LogP contribution in [0.2, 0.25) is 0 Å². The Balaban J connectivity index is 2.08. The summed E-state index contributed by atoms with van der Waals surface area (Å²) in [4.78, 5) is 13.7. The summed E-state index contributed by atoms with van der Waals surface area (Å²) in [5.41, 5.74) is 0.372. The Bertz CT molecular complexity index is 432. The Morgan fingerprint density at radius 2 is 2.11 bits per heavy atom. The number of carbonyl (C=O) groups excluding carboxylic acids is 1. The minimum Gasteiger partial charge on any atom is -0.335 e. The summed E-state index contributed by atoms with van der Waals surface area (Å²) in [6, 6.07) is 6.56. The fraction of sp³-hybridized carbons (Fsp3) is 0.533. The van der Waals surface area contributed by atoms with Crippen LogP contribution in [0.4, 0.5) is 14.9 Å². The van der Waals surface area contributed by atoms with Crippen molar-refractivity contribution in [3.63, 3.8) is 0 Å². The third-order valence-electron chi connectivity index (χ3n) is 3.28. The summed E-state index contributed by atoms with van der Waals surface area (Å²) in [7, 11) is 0. The summed E-state index contributed by atoms with van der Waals surface area (Å²) < 4.78 is 13.8. The maximum absolute atomic E-state index is 13.8. The predicted molar refractivity (Wildman–Crippen MR) is 74.8 cm³/mol. The molecule has 0 saturated heterocycles. The molecule has 1 aliphatic carbocycles. The van der Waals surface area contributed by atoms with Gasteiger partial charge in [-0.15, -0.1) is 0 Å². The van der Waals surface area contributed by atoms with Gasteiger partial charge in [0.25, 0.3) is 0 Å². The number of urea groups is 1. The summed E-state index contributed by atoms with van der Waals surface area (Å²) in [5.74, 6) is -0.343. The number of nitrogens with zero attached hydrogens (tertiary/aromatic N) is 1. The van der Waals surface area contributed by atoms with Crippen molar-refractivity contribution in [1.29, 1.82) is 0 Å². The van der Waals surface area contributed by atoms with Crippen LogP contribution in [0.15, 0.2) is 24.3 Å². The Morgan fingerprint density at radius 1 is 1.37 bits per heavy atom. The number of anilines is 1. The first kappa shape index (κ1) is 13.8. The Labute approximate surface area is 113 Å². The maximum Gasteiger partial charge on any atom is 0.322 e. The molecule has 0 spiro atoms. The maximum atomic E-state index is 13.8. The van der Waals surface area contributed by atoms with Crippen molar-refractivity contribution in [2.45, 2.75) is 45.1 Å². The molecular formula is C15H21FN2O. The fourth-order valence-electron chi connectivity index (χ4n) is 2.00. The number of nitrogens with one attached hydrogen (secondary N) is 1. The van der Waals surface area contributed by atoms with E-state index in [-0.39, 0.29) is 17.9 Å². The summed E-state index contributed by atoms with van der Waals surface area (Å²) >= 11 is 0. The molecule has 1 aromatic rings. The van der Waals surface area contributed by atoms with Crippen LogP contribution in [0.5, 0.6) is 0 Å². The zero-order valence-corrected chi connectivity index (χ0v) is 11.4. The van der Waals surface area contributed by atoms with E-state index in [0.717, 1.165) is 32.1 Å². The molecule has 1 aliphatic rings. The highest BCUT2D eigenvalue weighted by Crippen LogP contribution is 2.23. The van der Waals surface area contributed by atoms with Gasteiger partial charge in [0.2, 0.25) is 0 Å². The lowest BCUT2D eigenvalue weighted by Crippen LogP contribution is -2.42. The van der Waals surface area contributed by atoms with E-state index in [1.54, 1.807) is 18.2 Å². The van der Waals surface area contributed by atoms with Crippen LogP contribution in [-0.4, -0.2) is 18.6 Å². The largest absolute Gasteiger partial charge is 0.335 e. The molecular weight excluding hydrogens is 243 g/mol. The van der Waals surface area contributed by atoms with Gasteiger partial charge < -0.3 is 5.32 Å². The van der Waals surface area contributed by atoms with Gasteiger partial charge in [-0.1, -0.05) is 31.9 Å². The van der Waals surface area contributed by atoms with Gasteiger partial charge in [0.05, 0.1) is 5.69 Å². The predicted octanol–water partition coefficient (Wildman–Crippen LogP) is 3.69. The number of carbonyl (C=O) groups is 1. The standard InChI is InChI=1S/C15H21FN2O/c1-2-3-6-11-18(15(19)17-12-9-10-12)14-8-5-4-7-13(14)16/h4-5,7-8,12H,2-3,6,9-11H2,1H3,(H,17,19). The lowest BCUT2D eigenvalue weighted by molar-refractivity contribution is 0.245. The molecule has 2 rings (SSSR count). The molecule has 19 heavy (non-hydrogen) atoms. The van der Waals surface area contributed by atoms with Crippen LogP contribution >= 0.6 is 0 Å². The summed E-state index contributed by atoms with van der Waals surface area (Å²) in [6.07, 6.45) is 5.08. The molecule has 0 heterocycles. The minimum atomic E-state index is -0.343. The van der Waals surface area contributed by atoms with Crippen LogP contribution in [-0.2, 0) is 0 Å². The van der Waals surface area contributed by atoms with Gasteiger partial charge in [0.15, 0.2) is 0 Å². The molecule has 104 valence electrons. The van der Waals surface area contributed by atoms with Gasteiger partial charge in [-0.05, 0) is 31.4 Å². The Morgan fingerprint density at radius 3 is 2.74 bits per heavy atom. The molecule has 0 aromatic heterocycles. The number of unbranched alkanes of at least 4 members (excludes halogenated alkanes) is 2. The first-order valence-electron chi connectivity index (χ1n) is 7.05. The number of benzene rings is 1. The zero-order valence-electron chi connectivity index (χ0n) is 11.4. The molecule has 0 aliphatic heterocycles. The molecule has 2 amide bonds. The number of amides is 2. The second-order valence-electron chi connectivity index (χ2n) is 5.03. The molecule has 0 unspecified atom stereocenters. The number of para-hydroxylation sites is 1. The molecule has 0 atom stereocenters. The highest BCUT2D eigenvalue weighted by atomic mass is 19.1. The molecule has 4 heteroatoms. The van der Waals surface area contributed by atoms with Crippen molar-refractivity contribution >= 4 is 11.7 Å². The van der Waals surface area contributed by atoms with E-state index in [4.69, 9.17) is 0 Å². The van der Waals surface area contributed by atoms with Crippen molar-refractivity contribution in [3.8, 4) is 0 Å². The van der Waals surface area contributed by atoms with Crippen molar-refractivity contribution in [1.82, 2.24) is 5.32 Å². The topological polar surface area (TPSA) is 32.3 Å². The quantitative estimate of drug-likeness (QED) is 0.781. The molecule has 1 fully saturated rings. The highest BCUT2D eigenvalue weighted by molar-refractivity contribution is 5.92. The molecule has 1 N–H and O–H groups in total. The molecule has 3 nitrogen and oxygen atoms in total. The first-order valence-corrected chi connectivity index (χ1v) is 7.05. The summed E-state index contributed by atoms with van der Waals surface area (Å²) in [5, 5.41) is 2.93.